The number of hydrogen-bond donors (Lipinski definition) is 0. The molecule has 0 aliphatic carbocycles. The summed E-state index contributed by atoms with van der Waals surface area (Å²) in [6.07, 6.45) is -3.85. The maximum absolute atomic E-state index is 12.9. The molecule has 3 aromatic rings. The molecule has 1 fully saturated rings. The van der Waals surface area contributed by atoms with Crippen molar-refractivity contribution in [2.75, 3.05) is 13.2 Å². The van der Waals surface area contributed by atoms with Crippen molar-refractivity contribution < 1.29 is 22.5 Å². The smallest absolute Gasteiger partial charge is 0.405 e. The minimum Gasteiger partial charge on any atom is -0.405 e. The van der Waals surface area contributed by atoms with Crippen LogP contribution in [0.3, 0.4) is 0 Å². The average Bonchev–Trinajstić information content (AvgIpc) is 3.23. The second kappa shape index (κ2) is 6.48. The molecule has 0 atom stereocenters. The molecule has 0 spiro atoms. The summed E-state index contributed by atoms with van der Waals surface area (Å²) in [5.74, 6) is 0. The fourth-order valence-corrected chi connectivity index (χ4v) is 4.22. The Balaban J connectivity index is 1.65. The standard InChI is InChI=1S/C18H14BF3O2S/c20-18(21,22)14-5-1-3-12(9-14)10-15-11-13-4-2-6-16(17(13)25-15)19-23-7-8-24-19/h1-6,9,11H,7-8,10H2. The number of rotatable bonds is 3. The summed E-state index contributed by atoms with van der Waals surface area (Å²) in [4.78, 5) is 1.01. The predicted molar refractivity (Wildman–Crippen MR) is 93.4 cm³/mol. The molecular weight excluding hydrogens is 348 g/mol. The molecule has 0 amide bonds. The molecule has 2 nitrogen and oxygen atoms in total. The lowest BCUT2D eigenvalue weighted by atomic mass is 9.79. The molecule has 1 saturated heterocycles. The van der Waals surface area contributed by atoms with E-state index in [-0.39, 0.29) is 7.12 Å². The van der Waals surface area contributed by atoms with E-state index in [0.717, 1.165) is 26.5 Å². The van der Waals surface area contributed by atoms with Crippen LogP contribution in [0.1, 0.15) is 16.0 Å². The lowest BCUT2D eigenvalue weighted by Crippen LogP contribution is -2.31. The van der Waals surface area contributed by atoms with Crippen LogP contribution in [0.15, 0.2) is 48.5 Å². The van der Waals surface area contributed by atoms with Crippen LogP contribution >= 0.6 is 11.3 Å². The van der Waals surface area contributed by atoms with Gasteiger partial charge in [-0.05, 0) is 23.1 Å². The molecule has 1 aliphatic rings. The van der Waals surface area contributed by atoms with Crippen molar-refractivity contribution >= 4 is 34.0 Å². The van der Waals surface area contributed by atoms with Crippen LogP contribution in [-0.2, 0) is 21.9 Å². The molecule has 25 heavy (non-hydrogen) atoms. The van der Waals surface area contributed by atoms with E-state index in [1.165, 1.54) is 12.1 Å². The Morgan fingerprint density at radius 3 is 2.52 bits per heavy atom. The molecule has 0 bridgehead atoms. The first-order valence-electron chi connectivity index (χ1n) is 7.91. The SMILES string of the molecule is FC(F)(F)c1cccc(Cc2cc3cccc(B4OCCO4)c3s2)c1. The third-order valence-electron chi connectivity index (χ3n) is 4.13. The van der Waals surface area contributed by atoms with Crippen molar-refractivity contribution in [3.8, 4) is 0 Å². The van der Waals surface area contributed by atoms with Gasteiger partial charge in [-0.1, -0.05) is 36.4 Å². The van der Waals surface area contributed by atoms with Crippen LogP contribution in [0.25, 0.3) is 10.1 Å². The number of thiophene rings is 1. The van der Waals surface area contributed by atoms with Crippen molar-refractivity contribution in [3.63, 3.8) is 0 Å². The van der Waals surface area contributed by atoms with Crippen LogP contribution in [0.2, 0.25) is 0 Å². The highest BCUT2D eigenvalue weighted by Crippen LogP contribution is 2.31. The fourth-order valence-electron chi connectivity index (χ4n) is 3.01. The van der Waals surface area contributed by atoms with Gasteiger partial charge in [0.15, 0.2) is 0 Å². The summed E-state index contributed by atoms with van der Waals surface area (Å²) in [6, 6.07) is 13.4. The molecule has 0 N–H and O–H groups in total. The van der Waals surface area contributed by atoms with E-state index in [4.69, 9.17) is 9.31 Å². The Morgan fingerprint density at radius 2 is 1.76 bits per heavy atom. The van der Waals surface area contributed by atoms with Crippen molar-refractivity contribution in [3.05, 3.63) is 64.5 Å². The van der Waals surface area contributed by atoms with Gasteiger partial charge < -0.3 is 9.31 Å². The second-order valence-corrected chi connectivity index (χ2v) is 7.06. The Hall–Kier alpha value is -1.83. The third kappa shape index (κ3) is 3.45. The highest BCUT2D eigenvalue weighted by Gasteiger charge is 2.30. The zero-order valence-corrected chi connectivity index (χ0v) is 14.0. The molecule has 128 valence electrons. The van der Waals surface area contributed by atoms with Gasteiger partial charge in [0.25, 0.3) is 0 Å². The van der Waals surface area contributed by atoms with Gasteiger partial charge in [0.2, 0.25) is 0 Å². The van der Waals surface area contributed by atoms with Crippen LogP contribution in [0.5, 0.6) is 0 Å². The fraction of sp³-hybridized carbons (Fsp3) is 0.222. The van der Waals surface area contributed by atoms with Gasteiger partial charge in [0.05, 0.1) is 18.8 Å². The van der Waals surface area contributed by atoms with E-state index in [0.29, 0.717) is 25.2 Å². The number of alkyl halides is 3. The first-order chi connectivity index (χ1) is 12.0. The van der Waals surface area contributed by atoms with Gasteiger partial charge in [-0.25, -0.2) is 0 Å². The zero-order valence-electron chi connectivity index (χ0n) is 13.2. The lowest BCUT2D eigenvalue weighted by Gasteiger charge is -2.08. The van der Waals surface area contributed by atoms with Gasteiger partial charge in [0.1, 0.15) is 0 Å². The van der Waals surface area contributed by atoms with Crippen molar-refractivity contribution in [1.29, 1.82) is 0 Å². The topological polar surface area (TPSA) is 18.5 Å². The first kappa shape index (κ1) is 16.6. The highest BCUT2D eigenvalue weighted by molar-refractivity contribution is 7.20. The predicted octanol–water partition coefficient (Wildman–Crippen LogP) is 4.25. The van der Waals surface area contributed by atoms with Crippen LogP contribution < -0.4 is 5.46 Å². The van der Waals surface area contributed by atoms with E-state index in [9.17, 15) is 13.2 Å². The van der Waals surface area contributed by atoms with Crippen LogP contribution in [0, 0.1) is 0 Å². The minimum absolute atomic E-state index is 0.358. The summed E-state index contributed by atoms with van der Waals surface area (Å²) in [5.41, 5.74) is 1.02. The van der Waals surface area contributed by atoms with Crippen LogP contribution in [0.4, 0.5) is 13.2 Å². The average molecular weight is 362 g/mol. The van der Waals surface area contributed by atoms with E-state index in [2.05, 4.69) is 0 Å². The van der Waals surface area contributed by atoms with Gasteiger partial charge in [-0.2, -0.15) is 13.2 Å². The number of hydrogen-bond acceptors (Lipinski definition) is 3. The summed E-state index contributed by atoms with van der Waals surface area (Å²) >= 11 is 1.58. The normalized spacial score (nSPS) is 15.2. The molecule has 1 aromatic heterocycles. The summed E-state index contributed by atoms with van der Waals surface area (Å²) in [7, 11) is -0.358. The first-order valence-corrected chi connectivity index (χ1v) is 8.73. The van der Waals surface area contributed by atoms with E-state index >= 15 is 0 Å². The third-order valence-corrected chi connectivity index (χ3v) is 5.33. The van der Waals surface area contributed by atoms with Gasteiger partial charge in [-0.3, -0.25) is 0 Å². The number of halogens is 3. The monoisotopic (exact) mass is 362 g/mol. The maximum Gasteiger partial charge on any atom is 0.495 e. The molecule has 0 unspecified atom stereocenters. The maximum atomic E-state index is 12.9. The van der Waals surface area contributed by atoms with E-state index in [1.807, 2.05) is 24.3 Å². The zero-order chi connectivity index (χ0) is 17.4. The highest BCUT2D eigenvalue weighted by atomic mass is 32.1. The molecule has 0 saturated carbocycles. The molecule has 7 heteroatoms. The minimum atomic E-state index is -4.32. The summed E-state index contributed by atoms with van der Waals surface area (Å²) in [6.45, 7) is 1.15. The van der Waals surface area contributed by atoms with Crippen molar-refractivity contribution in [1.82, 2.24) is 0 Å². The van der Waals surface area contributed by atoms with Gasteiger partial charge in [0, 0.05) is 21.5 Å². The Labute approximate surface area is 147 Å². The number of benzene rings is 2. The van der Waals surface area contributed by atoms with Crippen molar-refractivity contribution in [2.24, 2.45) is 0 Å². The Bertz CT molecular complexity index is 901. The molecule has 4 rings (SSSR count). The quantitative estimate of drug-likeness (QED) is 0.649. The second-order valence-electron chi connectivity index (χ2n) is 5.93. The number of fused-ring (bicyclic) bond motifs is 1. The Morgan fingerprint density at radius 1 is 1.00 bits per heavy atom. The van der Waals surface area contributed by atoms with E-state index < -0.39 is 11.7 Å². The molecule has 0 radical (unpaired) electrons. The molecule has 2 heterocycles. The molecular formula is C18H14BF3O2S. The van der Waals surface area contributed by atoms with Gasteiger partial charge in [-0.15, -0.1) is 11.3 Å². The lowest BCUT2D eigenvalue weighted by molar-refractivity contribution is -0.137. The van der Waals surface area contributed by atoms with Gasteiger partial charge >= 0.3 is 13.3 Å². The molecule has 1 aliphatic heterocycles. The largest absolute Gasteiger partial charge is 0.495 e. The summed E-state index contributed by atoms with van der Waals surface area (Å²) in [5, 5.41) is 1.06. The van der Waals surface area contributed by atoms with Crippen molar-refractivity contribution in [2.45, 2.75) is 12.6 Å². The molecule has 2 aromatic carbocycles. The Kier molecular flexibility index (Phi) is 4.31. The summed E-state index contributed by atoms with van der Waals surface area (Å²) < 4.78 is 50.9. The van der Waals surface area contributed by atoms with E-state index in [1.54, 1.807) is 17.4 Å². The van der Waals surface area contributed by atoms with Crippen LogP contribution in [-0.4, -0.2) is 20.3 Å².